The second-order valence-electron chi connectivity index (χ2n) is 6.14. The molecule has 0 aromatic carbocycles. The molecule has 2 rings (SSSR count). The van der Waals surface area contributed by atoms with E-state index in [1.165, 1.54) is 4.88 Å². The van der Waals surface area contributed by atoms with Crippen molar-refractivity contribution in [2.75, 3.05) is 12.3 Å². The van der Waals surface area contributed by atoms with E-state index >= 15 is 0 Å². The van der Waals surface area contributed by atoms with Crippen LogP contribution in [-0.4, -0.2) is 30.9 Å². The Hall–Kier alpha value is -0.460. The minimum absolute atomic E-state index is 0.0811. The Morgan fingerprint density at radius 2 is 2.21 bits per heavy atom. The van der Waals surface area contributed by atoms with E-state index in [9.17, 15) is 8.42 Å². The van der Waals surface area contributed by atoms with Gasteiger partial charge in [-0.3, -0.25) is 0 Å². The van der Waals surface area contributed by atoms with E-state index < -0.39 is 9.84 Å². The molecule has 6 heteroatoms. The van der Waals surface area contributed by atoms with Crippen molar-refractivity contribution in [3.05, 3.63) is 16.1 Å². The number of nitrogens with zero attached hydrogens (tertiary/aromatic N) is 1. The molecule has 0 bridgehead atoms. The molecule has 0 aliphatic carbocycles. The highest BCUT2D eigenvalue weighted by atomic mass is 32.2. The van der Waals surface area contributed by atoms with E-state index in [1.807, 2.05) is 6.20 Å². The van der Waals surface area contributed by atoms with Crippen molar-refractivity contribution in [1.29, 1.82) is 0 Å². The molecule has 1 fully saturated rings. The summed E-state index contributed by atoms with van der Waals surface area (Å²) in [6.45, 7) is 7.71. The Labute approximate surface area is 119 Å². The summed E-state index contributed by atoms with van der Waals surface area (Å²) in [6.07, 6.45) is 3.50. The molecule has 1 aromatic rings. The highest BCUT2D eigenvalue weighted by Gasteiger charge is 2.30. The van der Waals surface area contributed by atoms with Crippen LogP contribution in [0.1, 0.15) is 43.5 Å². The van der Waals surface area contributed by atoms with Crippen LogP contribution < -0.4 is 5.32 Å². The van der Waals surface area contributed by atoms with Crippen molar-refractivity contribution in [2.24, 2.45) is 0 Å². The highest BCUT2D eigenvalue weighted by molar-refractivity contribution is 7.92. The predicted molar refractivity (Wildman–Crippen MR) is 79.3 cm³/mol. The van der Waals surface area contributed by atoms with Gasteiger partial charge in [0.2, 0.25) is 0 Å². The Morgan fingerprint density at radius 3 is 2.74 bits per heavy atom. The van der Waals surface area contributed by atoms with Gasteiger partial charge in [-0.05, 0) is 12.8 Å². The third-order valence-electron chi connectivity index (χ3n) is 3.33. The Balaban J connectivity index is 1.85. The summed E-state index contributed by atoms with van der Waals surface area (Å²) >= 11 is 1.70. The fourth-order valence-corrected chi connectivity index (χ4v) is 4.92. The summed E-state index contributed by atoms with van der Waals surface area (Å²) in [5, 5.41) is 4.19. The van der Waals surface area contributed by atoms with E-state index in [1.54, 1.807) is 11.3 Å². The molecule has 1 saturated heterocycles. The van der Waals surface area contributed by atoms with Crippen molar-refractivity contribution in [3.63, 3.8) is 0 Å². The van der Waals surface area contributed by atoms with Crippen LogP contribution in [0.5, 0.6) is 0 Å². The molecule has 1 N–H and O–H groups in total. The number of thiazole rings is 1. The molecule has 4 nitrogen and oxygen atoms in total. The molecule has 1 aliphatic heterocycles. The van der Waals surface area contributed by atoms with Crippen LogP contribution in [0.2, 0.25) is 0 Å². The lowest BCUT2D eigenvalue weighted by Gasteiger charge is -2.13. The molecule has 0 saturated carbocycles. The first kappa shape index (κ1) is 14.9. The molecule has 0 spiro atoms. The number of hydrogen-bond donors (Lipinski definition) is 1. The smallest absolute Gasteiger partial charge is 0.154 e. The molecule has 108 valence electrons. The summed E-state index contributed by atoms with van der Waals surface area (Å²) in [6, 6.07) is 0. The molecule has 19 heavy (non-hydrogen) atoms. The molecule has 1 atom stereocenters. The average molecular weight is 302 g/mol. The van der Waals surface area contributed by atoms with Gasteiger partial charge in [-0.2, -0.15) is 0 Å². The van der Waals surface area contributed by atoms with Crippen LogP contribution in [0.3, 0.4) is 0 Å². The zero-order valence-electron chi connectivity index (χ0n) is 11.8. The lowest BCUT2D eigenvalue weighted by Crippen LogP contribution is -2.29. The average Bonchev–Trinajstić information content (AvgIpc) is 2.85. The van der Waals surface area contributed by atoms with Gasteiger partial charge in [0, 0.05) is 29.6 Å². The van der Waals surface area contributed by atoms with Crippen LogP contribution in [0.25, 0.3) is 0 Å². The van der Waals surface area contributed by atoms with Crippen molar-refractivity contribution >= 4 is 21.2 Å². The quantitative estimate of drug-likeness (QED) is 0.925. The fourth-order valence-electron chi connectivity index (χ4n) is 2.18. The highest BCUT2D eigenvalue weighted by Crippen LogP contribution is 2.26. The minimum atomic E-state index is -2.83. The van der Waals surface area contributed by atoms with Gasteiger partial charge in [-0.25, -0.2) is 13.4 Å². The maximum absolute atomic E-state index is 11.7. The molecular formula is C13H22N2O2S2. The first-order chi connectivity index (χ1) is 8.79. The van der Waals surface area contributed by atoms with Crippen molar-refractivity contribution in [3.8, 4) is 0 Å². The largest absolute Gasteiger partial charge is 0.311 e. The Morgan fingerprint density at radius 1 is 1.47 bits per heavy atom. The first-order valence-corrected chi connectivity index (χ1v) is 9.20. The van der Waals surface area contributed by atoms with Crippen LogP contribution in [0, 0.1) is 0 Å². The lowest BCUT2D eigenvalue weighted by molar-refractivity contribution is 0.574. The monoisotopic (exact) mass is 302 g/mol. The van der Waals surface area contributed by atoms with Crippen LogP contribution in [0.15, 0.2) is 6.20 Å². The maximum Gasteiger partial charge on any atom is 0.154 e. The number of nitrogens with one attached hydrogen (secondary N) is 1. The summed E-state index contributed by atoms with van der Waals surface area (Å²) in [5.74, 6) is 0.355. The lowest BCUT2D eigenvalue weighted by atomic mass is 9.98. The van der Waals surface area contributed by atoms with Gasteiger partial charge in [0.1, 0.15) is 0 Å². The van der Waals surface area contributed by atoms with Gasteiger partial charge >= 0.3 is 0 Å². The third-order valence-corrected chi connectivity index (χ3v) is 7.03. The van der Waals surface area contributed by atoms with Crippen LogP contribution in [-0.2, 0) is 21.8 Å². The molecule has 2 heterocycles. The van der Waals surface area contributed by atoms with Gasteiger partial charge in [0.25, 0.3) is 0 Å². The summed E-state index contributed by atoms with van der Waals surface area (Å²) in [4.78, 5) is 5.59. The van der Waals surface area contributed by atoms with Gasteiger partial charge in [-0.1, -0.05) is 20.8 Å². The normalized spacial score (nSPS) is 22.8. The van der Waals surface area contributed by atoms with E-state index in [0.717, 1.165) is 17.8 Å². The van der Waals surface area contributed by atoms with E-state index in [0.29, 0.717) is 18.8 Å². The first-order valence-electron chi connectivity index (χ1n) is 6.66. The molecule has 0 radical (unpaired) electrons. The standard InChI is InChI=1S/C13H22N2O2S2/c1-13(2,3)12-15-8-10(18-12)7-14-9-11-5-4-6-19(11,16)17/h8,11,14H,4-7,9H2,1-3H3/t11-/m1/s1. The zero-order chi connectivity index (χ0) is 14.1. The number of rotatable bonds is 4. The van der Waals surface area contributed by atoms with Gasteiger partial charge in [0.15, 0.2) is 9.84 Å². The van der Waals surface area contributed by atoms with Gasteiger partial charge in [0.05, 0.1) is 16.0 Å². The van der Waals surface area contributed by atoms with E-state index in [2.05, 4.69) is 31.1 Å². The van der Waals surface area contributed by atoms with Gasteiger partial charge in [-0.15, -0.1) is 11.3 Å². The van der Waals surface area contributed by atoms with E-state index in [4.69, 9.17) is 0 Å². The third kappa shape index (κ3) is 3.77. The zero-order valence-corrected chi connectivity index (χ0v) is 13.4. The SMILES string of the molecule is CC(C)(C)c1ncc(CNC[C@H]2CCCS2(=O)=O)s1. The summed E-state index contributed by atoms with van der Waals surface area (Å²) in [7, 11) is -2.83. The molecule has 1 aromatic heterocycles. The molecule has 1 aliphatic rings. The number of sulfone groups is 1. The maximum atomic E-state index is 11.7. The fraction of sp³-hybridized carbons (Fsp3) is 0.769. The summed E-state index contributed by atoms with van der Waals surface area (Å²) in [5.41, 5.74) is 0.0811. The van der Waals surface area contributed by atoms with Gasteiger partial charge < -0.3 is 5.32 Å². The Bertz CT molecular complexity index is 529. The van der Waals surface area contributed by atoms with Crippen LogP contribution in [0.4, 0.5) is 0 Å². The molecule has 0 unspecified atom stereocenters. The van der Waals surface area contributed by atoms with Crippen molar-refractivity contribution in [1.82, 2.24) is 10.3 Å². The number of hydrogen-bond acceptors (Lipinski definition) is 5. The minimum Gasteiger partial charge on any atom is -0.311 e. The topological polar surface area (TPSA) is 59.1 Å². The van der Waals surface area contributed by atoms with Crippen LogP contribution >= 0.6 is 11.3 Å². The number of aromatic nitrogens is 1. The summed E-state index contributed by atoms with van der Waals surface area (Å²) < 4.78 is 23.4. The molecule has 0 amide bonds. The van der Waals surface area contributed by atoms with Crippen molar-refractivity contribution in [2.45, 2.75) is 50.8 Å². The van der Waals surface area contributed by atoms with Crippen molar-refractivity contribution < 1.29 is 8.42 Å². The Kier molecular flexibility index (Phi) is 4.32. The second kappa shape index (κ2) is 5.50. The predicted octanol–water partition coefficient (Wildman–Crippen LogP) is 2.11. The second-order valence-corrected chi connectivity index (χ2v) is 9.66. The van der Waals surface area contributed by atoms with E-state index in [-0.39, 0.29) is 10.7 Å². The molecular weight excluding hydrogens is 280 g/mol.